The molecule has 6 heteroatoms. The molecule has 0 aliphatic carbocycles. The van der Waals surface area contributed by atoms with E-state index in [9.17, 15) is 0 Å². The summed E-state index contributed by atoms with van der Waals surface area (Å²) in [4.78, 5) is 3.83. The molecular formula is C11H15N3S3. The van der Waals surface area contributed by atoms with Crippen molar-refractivity contribution < 1.29 is 0 Å². The Morgan fingerprint density at radius 1 is 1.41 bits per heavy atom. The SMILES string of the molecule is CCc1ccc(CNc2snc(N)c2SC)s1. The van der Waals surface area contributed by atoms with Crippen LogP contribution in [0.2, 0.25) is 0 Å². The molecule has 2 aromatic heterocycles. The number of anilines is 2. The molecule has 3 nitrogen and oxygen atoms in total. The number of aromatic nitrogens is 1. The van der Waals surface area contributed by atoms with Crippen LogP contribution in [0.5, 0.6) is 0 Å². The molecule has 0 aliphatic rings. The lowest BCUT2D eigenvalue weighted by atomic mass is 10.3. The van der Waals surface area contributed by atoms with Gasteiger partial charge in [0.05, 0.1) is 11.4 Å². The first-order valence-electron chi connectivity index (χ1n) is 5.35. The molecule has 3 N–H and O–H groups in total. The summed E-state index contributed by atoms with van der Waals surface area (Å²) in [6.45, 7) is 3.03. The lowest BCUT2D eigenvalue weighted by Crippen LogP contribution is -1.96. The van der Waals surface area contributed by atoms with Gasteiger partial charge in [-0.05, 0) is 36.3 Å². The van der Waals surface area contributed by atoms with Crippen molar-refractivity contribution in [1.29, 1.82) is 0 Å². The third-order valence-corrected chi connectivity index (χ3v) is 5.37. The summed E-state index contributed by atoms with van der Waals surface area (Å²) in [6, 6.07) is 4.37. The van der Waals surface area contributed by atoms with Crippen LogP contribution in [0.15, 0.2) is 17.0 Å². The zero-order valence-electron chi connectivity index (χ0n) is 9.82. The van der Waals surface area contributed by atoms with Gasteiger partial charge in [-0.25, -0.2) is 0 Å². The van der Waals surface area contributed by atoms with Crippen LogP contribution < -0.4 is 11.1 Å². The molecule has 0 bridgehead atoms. The first-order chi connectivity index (χ1) is 8.24. The quantitative estimate of drug-likeness (QED) is 0.823. The summed E-state index contributed by atoms with van der Waals surface area (Å²) in [6.07, 6.45) is 3.12. The van der Waals surface area contributed by atoms with Crippen molar-refractivity contribution in [3.63, 3.8) is 0 Å². The molecule has 92 valence electrons. The van der Waals surface area contributed by atoms with Gasteiger partial charge in [-0.3, -0.25) is 0 Å². The lowest BCUT2D eigenvalue weighted by Gasteiger charge is -2.03. The number of thioether (sulfide) groups is 1. The number of thiophene rings is 1. The van der Waals surface area contributed by atoms with E-state index in [1.807, 2.05) is 17.6 Å². The average Bonchev–Trinajstić information content (AvgIpc) is 2.92. The highest BCUT2D eigenvalue weighted by Crippen LogP contribution is 2.35. The van der Waals surface area contributed by atoms with Crippen molar-refractivity contribution >= 4 is 45.5 Å². The highest BCUT2D eigenvalue weighted by molar-refractivity contribution is 7.99. The van der Waals surface area contributed by atoms with Crippen molar-refractivity contribution in [2.24, 2.45) is 0 Å². The Balaban J connectivity index is 2.01. The maximum absolute atomic E-state index is 5.79. The fourth-order valence-corrected chi connectivity index (χ4v) is 3.91. The van der Waals surface area contributed by atoms with Crippen molar-refractivity contribution in [2.75, 3.05) is 17.3 Å². The lowest BCUT2D eigenvalue weighted by molar-refractivity contribution is 1.19. The van der Waals surface area contributed by atoms with Gasteiger partial charge in [-0.2, -0.15) is 4.37 Å². The monoisotopic (exact) mass is 285 g/mol. The molecule has 2 aromatic rings. The van der Waals surface area contributed by atoms with Crippen molar-refractivity contribution in [1.82, 2.24) is 4.37 Å². The minimum absolute atomic E-state index is 0.630. The third-order valence-electron chi connectivity index (χ3n) is 2.37. The molecule has 17 heavy (non-hydrogen) atoms. The highest BCUT2D eigenvalue weighted by Gasteiger charge is 2.10. The number of rotatable bonds is 5. The Hall–Kier alpha value is -0.720. The molecule has 0 spiro atoms. The van der Waals surface area contributed by atoms with Crippen LogP contribution in [0.1, 0.15) is 16.7 Å². The average molecular weight is 285 g/mol. The van der Waals surface area contributed by atoms with E-state index in [4.69, 9.17) is 5.73 Å². The molecule has 0 saturated carbocycles. The maximum Gasteiger partial charge on any atom is 0.153 e. The van der Waals surface area contributed by atoms with E-state index in [-0.39, 0.29) is 0 Å². The summed E-state index contributed by atoms with van der Waals surface area (Å²) < 4.78 is 4.16. The Morgan fingerprint density at radius 3 is 2.82 bits per heavy atom. The van der Waals surface area contributed by atoms with E-state index < -0.39 is 0 Å². The molecule has 0 radical (unpaired) electrons. The summed E-state index contributed by atoms with van der Waals surface area (Å²) in [5, 5.41) is 4.48. The van der Waals surface area contributed by atoms with Gasteiger partial charge in [0.15, 0.2) is 5.82 Å². The molecular weight excluding hydrogens is 270 g/mol. The molecule has 0 atom stereocenters. The van der Waals surface area contributed by atoms with Gasteiger partial charge in [-0.1, -0.05) is 6.92 Å². The Bertz CT molecular complexity index is 490. The van der Waals surface area contributed by atoms with Crippen LogP contribution in [0.25, 0.3) is 0 Å². The third kappa shape index (κ3) is 2.94. The van der Waals surface area contributed by atoms with Crippen molar-refractivity contribution in [3.8, 4) is 0 Å². The zero-order chi connectivity index (χ0) is 12.3. The van der Waals surface area contributed by atoms with E-state index in [1.54, 1.807) is 11.8 Å². The normalized spacial score (nSPS) is 10.7. The molecule has 0 aliphatic heterocycles. The summed E-state index contributed by atoms with van der Waals surface area (Å²) >= 11 is 4.92. The van der Waals surface area contributed by atoms with Crippen LogP contribution >= 0.6 is 34.6 Å². The second-order valence-electron chi connectivity index (χ2n) is 3.51. The molecule has 0 unspecified atom stereocenters. The van der Waals surface area contributed by atoms with Crippen LogP contribution in [0, 0.1) is 0 Å². The van der Waals surface area contributed by atoms with Crippen LogP contribution in [0.4, 0.5) is 10.8 Å². The van der Waals surface area contributed by atoms with Crippen LogP contribution in [0.3, 0.4) is 0 Å². The number of nitrogens with one attached hydrogen (secondary N) is 1. The van der Waals surface area contributed by atoms with Gasteiger partial charge in [-0.15, -0.1) is 23.1 Å². The second kappa shape index (κ2) is 5.75. The molecule has 0 aromatic carbocycles. The summed E-state index contributed by atoms with van der Waals surface area (Å²) in [5.41, 5.74) is 5.79. The Labute approximate surface area is 114 Å². The first kappa shape index (κ1) is 12.7. The van der Waals surface area contributed by atoms with Crippen LogP contribution in [-0.4, -0.2) is 10.6 Å². The molecule has 0 saturated heterocycles. The van der Waals surface area contributed by atoms with Gasteiger partial charge in [0, 0.05) is 9.75 Å². The van der Waals surface area contributed by atoms with Crippen molar-refractivity contribution in [2.45, 2.75) is 24.8 Å². The number of nitrogen functional groups attached to an aromatic ring is 1. The molecule has 2 rings (SSSR count). The second-order valence-corrected chi connectivity index (χ2v) is 6.35. The Kier molecular flexibility index (Phi) is 4.31. The molecule has 2 heterocycles. The fraction of sp³-hybridized carbons (Fsp3) is 0.364. The highest BCUT2D eigenvalue weighted by atomic mass is 32.2. The minimum atomic E-state index is 0.630. The van der Waals surface area contributed by atoms with Gasteiger partial charge < -0.3 is 11.1 Å². The fourth-order valence-electron chi connectivity index (χ4n) is 1.48. The maximum atomic E-state index is 5.79. The first-order valence-corrected chi connectivity index (χ1v) is 8.16. The number of hydrogen-bond donors (Lipinski definition) is 2. The molecule has 0 fully saturated rings. The van der Waals surface area contributed by atoms with Gasteiger partial charge in [0.1, 0.15) is 5.00 Å². The standard InChI is InChI=1S/C11H15N3S3/c1-3-7-4-5-8(16-7)6-13-11-9(15-2)10(12)14-17-11/h4-5,13H,3,6H2,1-2H3,(H2,12,14). The number of aryl methyl sites for hydroxylation is 1. The number of nitrogens with two attached hydrogens (primary N) is 1. The Morgan fingerprint density at radius 2 is 2.18 bits per heavy atom. The molecule has 0 amide bonds. The van der Waals surface area contributed by atoms with E-state index in [0.29, 0.717) is 5.82 Å². The van der Waals surface area contributed by atoms with E-state index >= 15 is 0 Å². The number of nitrogens with zero attached hydrogens (tertiary/aromatic N) is 1. The topological polar surface area (TPSA) is 50.9 Å². The summed E-state index contributed by atoms with van der Waals surface area (Å²) in [5.74, 6) is 0.630. The summed E-state index contributed by atoms with van der Waals surface area (Å²) in [7, 11) is 0. The van der Waals surface area contributed by atoms with E-state index in [0.717, 1.165) is 22.9 Å². The van der Waals surface area contributed by atoms with Crippen molar-refractivity contribution in [3.05, 3.63) is 21.9 Å². The van der Waals surface area contributed by atoms with Gasteiger partial charge in [0.25, 0.3) is 0 Å². The van der Waals surface area contributed by atoms with Gasteiger partial charge >= 0.3 is 0 Å². The van der Waals surface area contributed by atoms with E-state index in [2.05, 4.69) is 28.7 Å². The predicted molar refractivity (Wildman–Crippen MR) is 79.3 cm³/mol. The minimum Gasteiger partial charge on any atom is -0.382 e. The van der Waals surface area contributed by atoms with Crippen LogP contribution in [-0.2, 0) is 13.0 Å². The van der Waals surface area contributed by atoms with Gasteiger partial charge in [0.2, 0.25) is 0 Å². The smallest absolute Gasteiger partial charge is 0.153 e. The number of hydrogen-bond acceptors (Lipinski definition) is 6. The largest absolute Gasteiger partial charge is 0.382 e. The predicted octanol–water partition coefficient (Wildman–Crippen LogP) is 3.68. The zero-order valence-corrected chi connectivity index (χ0v) is 12.3. The van der Waals surface area contributed by atoms with E-state index in [1.165, 1.54) is 21.3 Å².